The summed E-state index contributed by atoms with van der Waals surface area (Å²) in [6.07, 6.45) is 6.10. The molecule has 6 heteroatoms. The smallest absolute Gasteiger partial charge is 0.336 e. The van der Waals surface area contributed by atoms with Crippen molar-refractivity contribution in [3.8, 4) is 11.5 Å². The first-order valence-corrected chi connectivity index (χ1v) is 9.75. The molecule has 0 bridgehead atoms. The predicted molar refractivity (Wildman–Crippen MR) is 117 cm³/mol. The third-order valence-corrected chi connectivity index (χ3v) is 4.82. The fourth-order valence-corrected chi connectivity index (χ4v) is 3.24. The van der Waals surface area contributed by atoms with Crippen molar-refractivity contribution >= 4 is 28.5 Å². The van der Waals surface area contributed by atoms with E-state index in [2.05, 4.69) is 6.92 Å². The van der Waals surface area contributed by atoms with E-state index in [1.807, 2.05) is 30.3 Å². The summed E-state index contributed by atoms with van der Waals surface area (Å²) in [5, 5.41) is 12.9. The van der Waals surface area contributed by atoms with E-state index in [0.717, 1.165) is 46.9 Å². The lowest BCUT2D eigenvalue weighted by Crippen LogP contribution is -2.04. The normalized spacial score (nSPS) is 11.0. The molecule has 3 aromatic rings. The number of methoxy groups -OCH3 is 1. The second-order valence-corrected chi connectivity index (χ2v) is 6.83. The lowest BCUT2D eigenvalue weighted by Gasteiger charge is -2.12. The molecule has 154 valence electrons. The number of unbranched alkanes of at least 4 members (excludes halogenated alkanes) is 1. The van der Waals surface area contributed by atoms with E-state index in [0.29, 0.717) is 0 Å². The molecule has 0 spiro atoms. The Bertz CT molecular complexity index is 1090. The van der Waals surface area contributed by atoms with Crippen molar-refractivity contribution in [1.29, 1.82) is 0 Å². The third kappa shape index (κ3) is 5.03. The molecule has 0 amide bonds. The summed E-state index contributed by atoms with van der Waals surface area (Å²) in [5.41, 5.74) is 2.05. The summed E-state index contributed by atoms with van der Waals surface area (Å²) in [7, 11) is 1.64. The van der Waals surface area contributed by atoms with E-state index in [1.54, 1.807) is 13.2 Å². The molecule has 0 aliphatic rings. The quantitative estimate of drug-likeness (QED) is 0.157. The first kappa shape index (κ1) is 21.0. The summed E-state index contributed by atoms with van der Waals surface area (Å²) in [6, 6.07) is 15.4. The van der Waals surface area contributed by atoms with Gasteiger partial charge in [0, 0.05) is 18.2 Å². The number of hydrogen-bond donors (Lipinski definition) is 0. The molecule has 0 radical (unpaired) electrons. The number of ether oxygens (including phenoxy) is 2. The number of esters is 1. The number of carbonyl (C=O) groups excluding carboxylic acids is 1. The van der Waals surface area contributed by atoms with E-state index in [-0.39, 0.29) is 11.4 Å². The van der Waals surface area contributed by atoms with Gasteiger partial charge in [-0.05, 0) is 65.1 Å². The average molecular weight is 405 g/mol. The van der Waals surface area contributed by atoms with Crippen LogP contribution in [0.15, 0.2) is 60.7 Å². The Morgan fingerprint density at radius 1 is 1.07 bits per heavy atom. The number of hydrogen-bond acceptors (Lipinski definition) is 5. The lowest BCUT2D eigenvalue weighted by atomic mass is 9.94. The fourth-order valence-electron chi connectivity index (χ4n) is 3.24. The standard InChI is InChI=1S/C24H23NO5/c1-3-4-5-22-17(6-7-18-8-12-21(29-2)16-23(18)22)9-15-24(26)30-20-13-10-19(11-14-20)25(27)28/h6-16H,3-5H2,1-2H3. The van der Waals surface area contributed by atoms with Crippen molar-refractivity contribution in [3.05, 3.63) is 81.9 Å². The molecule has 0 aliphatic carbocycles. The highest BCUT2D eigenvalue weighted by Gasteiger charge is 2.09. The first-order valence-electron chi connectivity index (χ1n) is 9.75. The number of carbonyl (C=O) groups is 1. The Morgan fingerprint density at radius 2 is 1.77 bits per heavy atom. The zero-order valence-electron chi connectivity index (χ0n) is 17.0. The summed E-state index contributed by atoms with van der Waals surface area (Å²) < 4.78 is 10.6. The summed E-state index contributed by atoms with van der Waals surface area (Å²) in [5.74, 6) is 0.500. The van der Waals surface area contributed by atoms with E-state index in [9.17, 15) is 14.9 Å². The molecule has 0 unspecified atom stereocenters. The first-order chi connectivity index (χ1) is 14.5. The van der Waals surface area contributed by atoms with Crippen molar-refractivity contribution in [2.75, 3.05) is 7.11 Å². The van der Waals surface area contributed by atoms with E-state index in [1.165, 1.54) is 30.3 Å². The molecule has 30 heavy (non-hydrogen) atoms. The summed E-state index contributed by atoms with van der Waals surface area (Å²) >= 11 is 0. The molecule has 6 nitrogen and oxygen atoms in total. The molecule has 0 N–H and O–H groups in total. The predicted octanol–water partition coefficient (Wildman–Crippen LogP) is 5.72. The average Bonchev–Trinajstić information content (AvgIpc) is 2.76. The topological polar surface area (TPSA) is 78.7 Å². The van der Waals surface area contributed by atoms with Crippen LogP contribution in [0, 0.1) is 10.1 Å². The molecular formula is C24H23NO5. The van der Waals surface area contributed by atoms with Crippen LogP contribution in [0.4, 0.5) is 5.69 Å². The van der Waals surface area contributed by atoms with E-state index in [4.69, 9.17) is 9.47 Å². The highest BCUT2D eigenvalue weighted by Crippen LogP contribution is 2.29. The van der Waals surface area contributed by atoms with Gasteiger partial charge in [-0.3, -0.25) is 10.1 Å². The summed E-state index contributed by atoms with van der Waals surface area (Å²) in [6.45, 7) is 2.14. The van der Waals surface area contributed by atoms with Crippen molar-refractivity contribution < 1.29 is 19.2 Å². The van der Waals surface area contributed by atoms with Crippen LogP contribution in [0.25, 0.3) is 16.8 Å². The lowest BCUT2D eigenvalue weighted by molar-refractivity contribution is -0.384. The molecule has 0 aliphatic heterocycles. The Labute approximate surface area is 174 Å². The van der Waals surface area contributed by atoms with Crippen LogP contribution in [0.3, 0.4) is 0 Å². The zero-order chi connectivity index (χ0) is 21.5. The second-order valence-electron chi connectivity index (χ2n) is 6.83. The minimum Gasteiger partial charge on any atom is -0.497 e. The van der Waals surface area contributed by atoms with Gasteiger partial charge in [-0.2, -0.15) is 0 Å². The maximum absolute atomic E-state index is 12.2. The van der Waals surface area contributed by atoms with Gasteiger partial charge in [0.05, 0.1) is 12.0 Å². The Kier molecular flexibility index (Phi) is 6.80. The Morgan fingerprint density at radius 3 is 2.43 bits per heavy atom. The van der Waals surface area contributed by atoms with Gasteiger partial charge < -0.3 is 9.47 Å². The molecule has 3 aromatic carbocycles. The minimum atomic E-state index is -0.545. The Hall–Kier alpha value is -3.67. The van der Waals surface area contributed by atoms with Crippen molar-refractivity contribution in [2.24, 2.45) is 0 Å². The molecule has 0 fully saturated rings. The number of nitro groups is 1. The van der Waals surface area contributed by atoms with Crippen molar-refractivity contribution in [2.45, 2.75) is 26.2 Å². The number of fused-ring (bicyclic) bond motifs is 1. The summed E-state index contributed by atoms with van der Waals surface area (Å²) in [4.78, 5) is 22.4. The number of nitrogens with zero attached hydrogens (tertiary/aromatic N) is 1. The van der Waals surface area contributed by atoms with Gasteiger partial charge in [0.15, 0.2) is 0 Å². The number of aryl methyl sites for hydroxylation is 1. The highest BCUT2D eigenvalue weighted by molar-refractivity contribution is 5.93. The van der Waals surface area contributed by atoms with Crippen LogP contribution in [0.5, 0.6) is 11.5 Å². The van der Waals surface area contributed by atoms with Gasteiger partial charge >= 0.3 is 5.97 Å². The van der Waals surface area contributed by atoms with Gasteiger partial charge in [0.25, 0.3) is 5.69 Å². The Balaban J connectivity index is 1.84. The number of benzene rings is 3. The monoisotopic (exact) mass is 405 g/mol. The maximum atomic E-state index is 12.2. The molecule has 0 saturated carbocycles. The molecular weight excluding hydrogens is 382 g/mol. The van der Waals surface area contributed by atoms with Gasteiger partial charge in [0.2, 0.25) is 0 Å². The number of nitro benzene ring substituents is 1. The van der Waals surface area contributed by atoms with Crippen LogP contribution >= 0.6 is 0 Å². The molecule has 0 aromatic heterocycles. The van der Waals surface area contributed by atoms with Gasteiger partial charge in [-0.25, -0.2) is 4.79 Å². The highest BCUT2D eigenvalue weighted by atomic mass is 16.6. The van der Waals surface area contributed by atoms with Crippen LogP contribution in [-0.4, -0.2) is 18.0 Å². The largest absolute Gasteiger partial charge is 0.497 e. The zero-order valence-corrected chi connectivity index (χ0v) is 17.0. The van der Waals surface area contributed by atoms with Crippen LogP contribution < -0.4 is 9.47 Å². The van der Waals surface area contributed by atoms with Crippen LogP contribution in [0.2, 0.25) is 0 Å². The van der Waals surface area contributed by atoms with Crippen LogP contribution in [-0.2, 0) is 11.2 Å². The van der Waals surface area contributed by atoms with E-state index < -0.39 is 10.9 Å². The number of non-ortho nitro benzene ring substituents is 1. The fraction of sp³-hybridized carbons (Fsp3) is 0.208. The van der Waals surface area contributed by atoms with E-state index >= 15 is 0 Å². The van der Waals surface area contributed by atoms with Gasteiger partial charge in [-0.1, -0.05) is 31.5 Å². The van der Waals surface area contributed by atoms with Gasteiger partial charge in [0.1, 0.15) is 11.5 Å². The van der Waals surface area contributed by atoms with Crippen LogP contribution in [0.1, 0.15) is 30.9 Å². The van der Waals surface area contributed by atoms with Gasteiger partial charge in [-0.15, -0.1) is 0 Å². The van der Waals surface area contributed by atoms with Crippen molar-refractivity contribution in [3.63, 3.8) is 0 Å². The molecule has 0 saturated heterocycles. The molecule has 3 rings (SSSR count). The number of rotatable bonds is 8. The molecule has 0 heterocycles. The van der Waals surface area contributed by atoms with Crippen molar-refractivity contribution in [1.82, 2.24) is 0 Å². The third-order valence-electron chi connectivity index (χ3n) is 4.82. The maximum Gasteiger partial charge on any atom is 0.336 e. The minimum absolute atomic E-state index is 0.0579. The SMILES string of the molecule is CCCCc1c(C=CC(=O)Oc2ccc([N+](=O)[O-])cc2)ccc2ccc(OC)cc12. The molecule has 0 atom stereocenters. The second kappa shape index (κ2) is 9.69.